The van der Waals surface area contributed by atoms with Crippen molar-refractivity contribution in [2.45, 2.75) is 38.1 Å². The number of Topliss-reactive ketones (excluding diaryl/α,β-unsaturated/α-hetero) is 1. The first kappa shape index (κ1) is 10.4. The molecule has 1 aliphatic rings. The topological polar surface area (TPSA) is 56.2 Å². The second-order valence-corrected chi connectivity index (χ2v) is 4.25. The molecular formula is C12H17NO2. The highest BCUT2D eigenvalue weighted by molar-refractivity contribution is 5.95. The van der Waals surface area contributed by atoms with Crippen LogP contribution in [0.15, 0.2) is 22.8 Å². The summed E-state index contributed by atoms with van der Waals surface area (Å²) in [6.45, 7) is 0. The predicted octanol–water partition coefficient (Wildman–Crippen LogP) is 2.37. The van der Waals surface area contributed by atoms with E-state index in [0.29, 0.717) is 5.76 Å². The Bertz CT molecular complexity index is 318. The first-order valence-corrected chi connectivity index (χ1v) is 5.62. The summed E-state index contributed by atoms with van der Waals surface area (Å²) in [7, 11) is 0. The zero-order valence-electron chi connectivity index (χ0n) is 8.82. The number of hydrogen-bond donors (Lipinski definition) is 1. The molecular weight excluding hydrogens is 190 g/mol. The largest absolute Gasteiger partial charge is 0.461 e. The Morgan fingerprint density at radius 3 is 2.87 bits per heavy atom. The van der Waals surface area contributed by atoms with Gasteiger partial charge >= 0.3 is 0 Å². The summed E-state index contributed by atoms with van der Waals surface area (Å²) < 4.78 is 5.13. The normalized spacial score (nSPS) is 27.3. The van der Waals surface area contributed by atoms with Crippen molar-refractivity contribution in [1.29, 1.82) is 0 Å². The minimum Gasteiger partial charge on any atom is -0.461 e. The summed E-state index contributed by atoms with van der Waals surface area (Å²) in [4.78, 5) is 12.1. The summed E-state index contributed by atoms with van der Waals surface area (Å²) in [5, 5.41) is 0. The van der Waals surface area contributed by atoms with E-state index < -0.39 is 0 Å². The van der Waals surface area contributed by atoms with E-state index in [1.165, 1.54) is 12.7 Å². The van der Waals surface area contributed by atoms with Crippen LogP contribution in [-0.4, -0.2) is 11.8 Å². The molecule has 1 heterocycles. The molecule has 1 aromatic heterocycles. The van der Waals surface area contributed by atoms with Crippen molar-refractivity contribution in [3.05, 3.63) is 24.2 Å². The molecule has 0 aromatic carbocycles. The smallest absolute Gasteiger partial charge is 0.202 e. The van der Waals surface area contributed by atoms with Gasteiger partial charge in [-0.25, -0.2) is 0 Å². The second-order valence-electron chi connectivity index (χ2n) is 4.25. The fourth-order valence-electron chi connectivity index (χ4n) is 2.26. The Labute approximate surface area is 89.6 Å². The van der Waals surface area contributed by atoms with E-state index in [0.717, 1.165) is 25.7 Å². The van der Waals surface area contributed by atoms with E-state index >= 15 is 0 Å². The average Bonchev–Trinajstić information content (AvgIpc) is 2.68. The Balaban J connectivity index is 2.11. The van der Waals surface area contributed by atoms with Gasteiger partial charge in [-0.05, 0) is 25.0 Å². The average molecular weight is 207 g/mol. The molecule has 0 bridgehead atoms. The van der Waals surface area contributed by atoms with Crippen molar-refractivity contribution in [3.63, 3.8) is 0 Å². The molecule has 1 saturated carbocycles. The molecule has 1 fully saturated rings. The maximum absolute atomic E-state index is 12.1. The minimum absolute atomic E-state index is 0.00472. The van der Waals surface area contributed by atoms with Gasteiger partial charge in [-0.3, -0.25) is 4.79 Å². The van der Waals surface area contributed by atoms with E-state index in [-0.39, 0.29) is 17.7 Å². The molecule has 1 aromatic rings. The van der Waals surface area contributed by atoms with Crippen LogP contribution in [0.5, 0.6) is 0 Å². The van der Waals surface area contributed by atoms with Gasteiger partial charge in [0.25, 0.3) is 0 Å². The van der Waals surface area contributed by atoms with Crippen molar-refractivity contribution in [3.8, 4) is 0 Å². The van der Waals surface area contributed by atoms with Crippen LogP contribution < -0.4 is 5.73 Å². The standard InChI is InChI=1S/C12H17NO2/c13-10-6-3-1-2-5-9(10)12(14)11-7-4-8-15-11/h4,7-10H,1-3,5-6,13H2. The van der Waals surface area contributed by atoms with Crippen molar-refractivity contribution in [1.82, 2.24) is 0 Å². The summed E-state index contributed by atoms with van der Waals surface area (Å²) in [6.07, 6.45) is 6.83. The van der Waals surface area contributed by atoms with Gasteiger partial charge in [0.15, 0.2) is 5.76 Å². The van der Waals surface area contributed by atoms with Crippen molar-refractivity contribution < 1.29 is 9.21 Å². The Morgan fingerprint density at radius 1 is 1.33 bits per heavy atom. The lowest BCUT2D eigenvalue weighted by molar-refractivity contribution is 0.0866. The monoisotopic (exact) mass is 207 g/mol. The van der Waals surface area contributed by atoms with Crippen LogP contribution in [0.25, 0.3) is 0 Å². The van der Waals surface area contributed by atoms with Gasteiger partial charge in [0.2, 0.25) is 5.78 Å². The minimum atomic E-state index is -0.0429. The molecule has 2 atom stereocenters. The maximum atomic E-state index is 12.1. The molecule has 15 heavy (non-hydrogen) atoms. The Morgan fingerprint density at radius 2 is 2.13 bits per heavy atom. The van der Waals surface area contributed by atoms with Gasteiger partial charge < -0.3 is 10.2 Å². The van der Waals surface area contributed by atoms with E-state index in [9.17, 15) is 4.79 Å². The van der Waals surface area contributed by atoms with E-state index in [2.05, 4.69) is 0 Å². The van der Waals surface area contributed by atoms with Gasteiger partial charge in [-0.1, -0.05) is 19.3 Å². The lowest BCUT2D eigenvalue weighted by atomic mass is 9.90. The van der Waals surface area contributed by atoms with Gasteiger partial charge in [0, 0.05) is 12.0 Å². The van der Waals surface area contributed by atoms with E-state index in [1.807, 2.05) is 0 Å². The first-order chi connectivity index (χ1) is 7.29. The molecule has 0 saturated heterocycles. The third kappa shape index (κ3) is 2.29. The molecule has 0 amide bonds. The zero-order chi connectivity index (χ0) is 10.7. The first-order valence-electron chi connectivity index (χ1n) is 5.62. The highest BCUT2D eigenvalue weighted by Crippen LogP contribution is 2.25. The fraction of sp³-hybridized carbons (Fsp3) is 0.583. The summed E-state index contributed by atoms with van der Waals surface area (Å²) in [5.41, 5.74) is 6.02. The van der Waals surface area contributed by atoms with Crippen molar-refractivity contribution in [2.75, 3.05) is 0 Å². The van der Waals surface area contributed by atoms with Crippen LogP contribution in [0.4, 0.5) is 0 Å². The van der Waals surface area contributed by atoms with E-state index in [4.69, 9.17) is 10.2 Å². The third-order valence-electron chi connectivity index (χ3n) is 3.17. The van der Waals surface area contributed by atoms with Gasteiger partial charge in [-0.15, -0.1) is 0 Å². The van der Waals surface area contributed by atoms with Crippen LogP contribution in [0.2, 0.25) is 0 Å². The summed E-state index contributed by atoms with van der Waals surface area (Å²) >= 11 is 0. The Hall–Kier alpha value is -1.09. The molecule has 0 aliphatic heterocycles. The molecule has 0 spiro atoms. The molecule has 2 N–H and O–H groups in total. The lowest BCUT2D eigenvalue weighted by Crippen LogP contribution is -2.34. The molecule has 3 heteroatoms. The van der Waals surface area contributed by atoms with Gasteiger partial charge in [-0.2, -0.15) is 0 Å². The highest BCUT2D eigenvalue weighted by Gasteiger charge is 2.29. The lowest BCUT2D eigenvalue weighted by Gasteiger charge is -2.18. The molecule has 82 valence electrons. The highest BCUT2D eigenvalue weighted by atomic mass is 16.3. The molecule has 2 unspecified atom stereocenters. The maximum Gasteiger partial charge on any atom is 0.202 e. The SMILES string of the molecule is NC1CCCCCC1C(=O)c1ccco1. The van der Waals surface area contributed by atoms with Crippen LogP contribution in [0, 0.1) is 5.92 Å². The number of nitrogens with two attached hydrogens (primary N) is 1. The second kappa shape index (κ2) is 4.62. The zero-order valence-corrected chi connectivity index (χ0v) is 8.82. The van der Waals surface area contributed by atoms with Gasteiger partial charge in [0.1, 0.15) is 0 Å². The van der Waals surface area contributed by atoms with Crippen LogP contribution >= 0.6 is 0 Å². The quantitative estimate of drug-likeness (QED) is 0.598. The number of hydrogen-bond acceptors (Lipinski definition) is 3. The molecule has 2 rings (SSSR count). The molecule has 0 radical (unpaired) electrons. The number of carbonyl (C=O) groups is 1. The van der Waals surface area contributed by atoms with E-state index in [1.54, 1.807) is 12.1 Å². The predicted molar refractivity (Wildman–Crippen MR) is 57.6 cm³/mol. The summed E-state index contributed by atoms with van der Waals surface area (Å²) in [6, 6.07) is 3.47. The molecule has 3 nitrogen and oxygen atoms in total. The fourth-order valence-corrected chi connectivity index (χ4v) is 2.26. The number of furan rings is 1. The summed E-state index contributed by atoms with van der Waals surface area (Å²) in [5.74, 6) is 0.491. The van der Waals surface area contributed by atoms with Crippen LogP contribution in [-0.2, 0) is 0 Å². The number of carbonyl (C=O) groups excluding carboxylic acids is 1. The van der Waals surface area contributed by atoms with Crippen LogP contribution in [0.3, 0.4) is 0 Å². The Kier molecular flexibility index (Phi) is 3.21. The third-order valence-corrected chi connectivity index (χ3v) is 3.17. The number of ketones is 1. The number of rotatable bonds is 2. The van der Waals surface area contributed by atoms with Crippen LogP contribution in [0.1, 0.15) is 42.7 Å². The van der Waals surface area contributed by atoms with Crippen molar-refractivity contribution >= 4 is 5.78 Å². The molecule has 1 aliphatic carbocycles. The van der Waals surface area contributed by atoms with Gasteiger partial charge in [0.05, 0.1) is 6.26 Å². The van der Waals surface area contributed by atoms with Crippen molar-refractivity contribution in [2.24, 2.45) is 11.7 Å².